The second-order valence-electron chi connectivity index (χ2n) is 5.86. The van der Waals surface area contributed by atoms with Crippen LogP contribution in [0.25, 0.3) is 0 Å². The Balaban J connectivity index is 0.00000242. The minimum absolute atomic E-state index is 0. The highest BCUT2D eigenvalue weighted by atomic mass is 35.5. The summed E-state index contributed by atoms with van der Waals surface area (Å²) in [7, 11) is 0. The van der Waals surface area contributed by atoms with Gasteiger partial charge in [0.2, 0.25) is 6.79 Å². The van der Waals surface area contributed by atoms with E-state index in [1.165, 1.54) is 4.90 Å². The molecule has 0 aromatic rings. The molecule has 9 heteroatoms. The minimum atomic E-state index is -0.665. The van der Waals surface area contributed by atoms with E-state index in [1.54, 1.807) is 38.6 Å². The first-order chi connectivity index (χ1) is 9.73. The number of carbonyl (C=O) groups is 3. The minimum Gasteiger partial charge on any atom is -1.00 e. The predicted molar refractivity (Wildman–Crippen MR) is 74.4 cm³/mol. The van der Waals surface area contributed by atoms with Crippen LogP contribution in [0.2, 0.25) is 0 Å². The van der Waals surface area contributed by atoms with E-state index in [0.717, 1.165) is 0 Å². The van der Waals surface area contributed by atoms with E-state index < -0.39 is 24.1 Å². The van der Waals surface area contributed by atoms with E-state index >= 15 is 0 Å². The number of β-lactam (4-membered cyclic amide) rings is 1. The van der Waals surface area contributed by atoms with Gasteiger partial charge in [0.1, 0.15) is 11.1 Å². The van der Waals surface area contributed by atoms with Crippen molar-refractivity contribution in [2.24, 2.45) is 5.41 Å². The third kappa shape index (κ3) is 3.56. The molecule has 0 aromatic heterocycles. The number of rotatable bonds is 3. The summed E-state index contributed by atoms with van der Waals surface area (Å²) in [5.41, 5.74) is 3.30. The number of carbonyl (C=O) groups excluding carboxylic acids is 3. The number of thioether (sulfide) groups is 1. The summed E-state index contributed by atoms with van der Waals surface area (Å²) in [6.07, 6.45) is 1.64. The molecule has 1 saturated heterocycles. The molecule has 0 bridgehead atoms. The highest BCUT2D eigenvalue weighted by molar-refractivity contribution is 8.00. The lowest BCUT2D eigenvalue weighted by molar-refractivity contribution is -0.423. The first-order valence-electron chi connectivity index (χ1n) is 6.55. The third-order valence-corrected chi connectivity index (χ3v) is 4.40. The Morgan fingerprint density at radius 3 is 2.64 bits per heavy atom. The van der Waals surface area contributed by atoms with Gasteiger partial charge in [0.05, 0.1) is 5.41 Å². The maximum absolute atomic E-state index is 12.0. The van der Waals surface area contributed by atoms with Gasteiger partial charge in [0.15, 0.2) is 6.04 Å². The molecule has 1 amide bonds. The van der Waals surface area contributed by atoms with Crippen LogP contribution in [0.15, 0.2) is 11.8 Å². The molecule has 2 aliphatic rings. The molecule has 2 atom stereocenters. The van der Waals surface area contributed by atoms with Gasteiger partial charge < -0.3 is 27.6 Å². The van der Waals surface area contributed by atoms with Crippen molar-refractivity contribution in [2.45, 2.75) is 32.2 Å². The molecular formula is C13H19ClN2O5S. The molecule has 0 unspecified atom stereocenters. The maximum Gasteiger partial charge on any atom is 0.357 e. The van der Waals surface area contributed by atoms with Crippen LogP contribution in [0.1, 0.15) is 20.8 Å². The zero-order chi connectivity index (χ0) is 15.8. The van der Waals surface area contributed by atoms with Gasteiger partial charge in [-0.05, 0) is 26.8 Å². The van der Waals surface area contributed by atoms with Crippen molar-refractivity contribution in [3.8, 4) is 0 Å². The number of fused-ring (bicyclic) bond motifs is 1. The first-order valence-corrected chi connectivity index (χ1v) is 7.60. The number of halogens is 1. The molecule has 22 heavy (non-hydrogen) atoms. The highest BCUT2D eigenvalue weighted by Crippen LogP contribution is 2.35. The summed E-state index contributed by atoms with van der Waals surface area (Å²) < 4.78 is 9.78. The zero-order valence-electron chi connectivity index (χ0n) is 12.6. The van der Waals surface area contributed by atoms with Crippen LogP contribution in [-0.2, 0) is 23.9 Å². The summed E-state index contributed by atoms with van der Waals surface area (Å²) in [5, 5.41) is -0.109. The second kappa shape index (κ2) is 6.89. The van der Waals surface area contributed by atoms with Gasteiger partial charge in [-0.15, -0.1) is 11.8 Å². The normalized spacial score (nSPS) is 23.5. The van der Waals surface area contributed by atoms with Crippen molar-refractivity contribution in [1.82, 2.24) is 4.90 Å². The quantitative estimate of drug-likeness (QED) is 0.322. The van der Waals surface area contributed by atoms with E-state index in [4.69, 9.17) is 9.47 Å². The lowest BCUT2D eigenvalue weighted by Gasteiger charge is -2.44. The average molecular weight is 351 g/mol. The molecule has 2 rings (SSSR count). The van der Waals surface area contributed by atoms with Crippen LogP contribution < -0.4 is 18.1 Å². The molecule has 0 aromatic carbocycles. The second-order valence-corrected chi connectivity index (χ2v) is 7.01. The van der Waals surface area contributed by atoms with Crippen LogP contribution in [0.3, 0.4) is 0 Å². The largest absolute Gasteiger partial charge is 1.00 e. The highest BCUT2D eigenvalue weighted by Gasteiger charge is 2.53. The summed E-state index contributed by atoms with van der Waals surface area (Å²) in [5.74, 6) is -0.698. The van der Waals surface area contributed by atoms with Gasteiger partial charge in [-0.3, -0.25) is 14.5 Å². The Kier molecular flexibility index (Phi) is 5.89. The molecule has 7 nitrogen and oxygen atoms in total. The van der Waals surface area contributed by atoms with Crippen LogP contribution in [0.4, 0.5) is 0 Å². The van der Waals surface area contributed by atoms with Crippen LogP contribution in [-0.4, -0.2) is 46.7 Å². The average Bonchev–Trinajstić information content (AvgIpc) is 2.44. The van der Waals surface area contributed by atoms with Crippen molar-refractivity contribution in [2.75, 3.05) is 12.5 Å². The van der Waals surface area contributed by atoms with E-state index in [2.05, 4.69) is 5.73 Å². The predicted octanol–water partition coefficient (Wildman–Crippen LogP) is -3.51. The first kappa shape index (κ1) is 18.8. The van der Waals surface area contributed by atoms with E-state index in [1.807, 2.05) is 0 Å². The maximum atomic E-state index is 12.0. The number of esters is 2. The molecule has 0 radical (unpaired) electrons. The van der Waals surface area contributed by atoms with E-state index in [9.17, 15) is 14.4 Å². The van der Waals surface area contributed by atoms with Gasteiger partial charge in [-0.2, -0.15) is 0 Å². The van der Waals surface area contributed by atoms with E-state index in [0.29, 0.717) is 5.75 Å². The van der Waals surface area contributed by atoms with Crippen molar-refractivity contribution < 1.29 is 42.0 Å². The van der Waals surface area contributed by atoms with Crippen molar-refractivity contribution in [3.05, 3.63) is 11.8 Å². The van der Waals surface area contributed by atoms with Gasteiger partial charge in [-0.1, -0.05) is 0 Å². The SMILES string of the molecule is CC(C)(C)C(=O)OCOC(=O)C1=CCS[C@@H]2[C@H]([NH3+])C(=O)N12.[Cl-]. The number of quaternary nitrogens is 1. The third-order valence-electron chi connectivity index (χ3n) is 3.16. The van der Waals surface area contributed by atoms with Gasteiger partial charge >= 0.3 is 11.9 Å². The van der Waals surface area contributed by atoms with Gasteiger partial charge in [0, 0.05) is 5.75 Å². The molecule has 0 aliphatic carbocycles. The Bertz CT molecular complexity index is 517. The number of hydrogen-bond donors (Lipinski definition) is 1. The fourth-order valence-electron chi connectivity index (χ4n) is 1.90. The molecule has 3 N–H and O–H groups in total. The van der Waals surface area contributed by atoms with Gasteiger partial charge in [-0.25, -0.2) is 4.79 Å². The molecule has 2 heterocycles. The number of nitrogens with zero attached hydrogens (tertiary/aromatic N) is 1. The molecule has 0 spiro atoms. The summed E-state index contributed by atoms with van der Waals surface area (Å²) >= 11 is 1.55. The smallest absolute Gasteiger partial charge is 0.357 e. The monoisotopic (exact) mass is 350 g/mol. The zero-order valence-corrected chi connectivity index (χ0v) is 14.2. The summed E-state index contributed by atoms with van der Waals surface area (Å²) in [6.45, 7) is 4.65. The molecular weight excluding hydrogens is 332 g/mol. The summed E-state index contributed by atoms with van der Waals surface area (Å²) in [6, 6.07) is -0.329. The van der Waals surface area contributed by atoms with Gasteiger partial charge in [0.25, 0.3) is 5.91 Å². The lowest BCUT2D eigenvalue weighted by Crippen LogP contribution is -3.00. The summed E-state index contributed by atoms with van der Waals surface area (Å²) in [4.78, 5) is 36.6. The Morgan fingerprint density at radius 2 is 2.05 bits per heavy atom. The number of ether oxygens (including phenoxy) is 2. The lowest BCUT2D eigenvalue weighted by atomic mass is 9.98. The molecule has 2 aliphatic heterocycles. The molecule has 1 fully saturated rings. The standard InChI is InChI=1S/C13H18N2O5S.ClH/c1-13(2,3)12(18)20-6-19-11(17)7-4-5-21-10-8(14)9(16)15(7)10;/h4,8,10H,5-6,14H2,1-3H3;1H/t8-,10-;/m1./s1. The molecule has 124 valence electrons. The fourth-order valence-corrected chi connectivity index (χ4v) is 3.07. The topological polar surface area (TPSA) is 101 Å². The molecule has 0 saturated carbocycles. The number of hydrogen-bond acceptors (Lipinski definition) is 6. The van der Waals surface area contributed by atoms with Crippen LogP contribution in [0.5, 0.6) is 0 Å². The van der Waals surface area contributed by atoms with Crippen molar-refractivity contribution >= 4 is 29.6 Å². The number of amides is 1. The Morgan fingerprint density at radius 1 is 1.41 bits per heavy atom. The van der Waals surface area contributed by atoms with E-state index in [-0.39, 0.29) is 35.4 Å². The van der Waals surface area contributed by atoms with Crippen LogP contribution >= 0.6 is 11.8 Å². The fraction of sp³-hybridized carbons (Fsp3) is 0.615. The van der Waals surface area contributed by atoms with Crippen molar-refractivity contribution in [1.29, 1.82) is 0 Å². The Labute approximate surface area is 139 Å². The van der Waals surface area contributed by atoms with Crippen molar-refractivity contribution in [3.63, 3.8) is 0 Å². The Hall–Kier alpha value is -1.25. The van der Waals surface area contributed by atoms with Crippen LogP contribution in [0, 0.1) is 5.41 Å².